The number of anilines is 1. The number of hydrogen-bond donors (Lipinski definition) is 1. The summed E-state index contributed by atoms with van der Waals surface area (Å²) in [5.74, 6) is 5.39. The molecule has 0 aromatic heterocycles. The Balaban J connectivity index is 2.53. The summed E-state index contributed by atoms with van der Waals surface area (Å²) in [5, 5.41) is 3.47. The van der Waals surface area contributed by atoms with Crippen LogP contribution in [0.4, 0.5) is 10.1 Å². The lowest BCUT2D eigenvalue weighted by Gasteiger charge is -2.05. The molecular formula is C11H11ClFN. The van der Waals surface area contributed by atoms with Crippen LogP contribution in [0, 0.1) is 17.7 Å². The zero-order valence-electron chi connectivity index (χ0n) is 7.90. The van der Waals surface area contributed by atoms with Crippen LogP contribution in [0.1, 0.15) is 13.3 Å². The molecule has 0 spiro atoms. The summed E-state index contributed by atoms with van der Waals surface area (Å²) < 4.78 is 12.7. The normalized spacial score (nSPS) is 9.07. The van der Waals surface area contributed by atoms with Gasteiger partial charge in [0, 0.05) is 13.0 Å². The highest BCUT2D eigenvalue weighted by molar-refractivity contribution is 6.33. The van der Waals surface area contributed by atoms with Gasteiger partial charge in [0.15, 0.2) is 0 Å². The molecule has 0 radical (unpaired) electrons. The second kappa shape index (κ2) is 5.51. The van der Waals surface area contributed by atoms with E-state index in [2.05, 4.69) is 17.2 Å². The van der Waals surface area contributed by atoms with E-state index in [1.165, 1.54) is 12.1 Å². The molecule has 0 saturated carbocycles. The third-order valence-electron chi connectivity index (χ3n) is 1.67. The van der Waals surface area contributed by atoms with Crippen LogP contribution in [-0.4, -0.2) is 6.54 Å². The Morgan fingerprint density at radius 3 is 2.93 bits per heavy atom. The zero-order chi connectivity index (χ0) is 10.4. The van der Waals surface area contributed by atoms with E-state index in [0.29, 0.717) is 11.6 Å². The second-order valence-electron chi connectivity index (χ2n) is 2.73. The Labute approximate surface area is 88.3 Å². The molecule has 0 fully saturated rings. The van der Waals surface area contributed by atoms with Gasteiger partial charge in [0.2, 0.25) is 0 Å². The van der Waals surface area contributed by atoms with Gasteiger partial charge >= 0.3 is 0 Å². The summed E-state index contributed by atoms with van der Waals surface area (Å²) in [6.45, 7) is 2.51. The maximum absolute atomic E-state index is 12.7. The Morgan fingerprint density at radius 1 is 1.50 bits per heavy atom. The maximum Gasteiger partial charge on any atom is 0.124 e. The van der Waals surface area contributed by atoms with Gasteiger partial charge in [-0.15, -0.1) is 11.8 Å². The van der Waals surface area contributed by atoms with Crippen LogP contribution < -0.4 is 5.32 Å². The third kappa shape index (κ3) is 3.27. The van der Waals surface area contributed by atoms with Gasteiger partial charge in [-0.25, -0.2) is 4.39 Å². The third-order valence-corrected chi connectivity index (χ3v) is 1.99. The van der Waals surface area contributed by atoms with Gasteiger partial charge in [-0.2, -0.15) is 0 Å². The van der Waals surface area contributed by atoms with E-state index in [4.69, 9.17) is 11.6 Å². The van der Waals surface area contributed by atoms with E-state index in [0.717, 1.165) is 12.1 Å². The van der Waals surface area contributed by atoms with Gasteiger partial charge < -0.3 is 5.32 Å². The van der Waals surface area contributed by atoms with Crippen molar-refractivity contribution >= 4 is 17.3 Å². The average molecular weight is 212 g/mol. The van der Waals surface area contributed by atoms with Crippen molar-refractivity contribution in [2.24, 2.45) is 0 Å². The predicted octanol–water partition coefficient (Wildman–Crippen LogP) is 3.30. The molecule has 0 unspecified atom stereocenters. The van der Waals surface area contributed by atoms with Gasteiger partial charge in [-0.05, 0) is 25.1 Å². The highest BCUT2D eigenvalue weighted by atomic mass is 35.5. The quantitative estimate of drug-likeness (QED) is 0.598. The molecule has 1 nitrogen and oxygen atoms in total. The van der Waals surface area contributed by atoms with Crippen molar-refractivity contribution in [3.8, 4) is 11.8 Å². The predicted molar refractivity (Wildman–Crippen MR) is 58.0 cm³/mol. The van der Waals surface area contributed by atoms with Crippen LogP contribution in [-0.2, 0) is 0 Å². The van der Waals surface area contributed by atoms with E-state index in [-0.39, 0.29) is 5.82 Å². The van der Waals surface area contributed by atoms with Gasteiger partial charge in [-0.3, -0.25) is 0 Å². The topological polar surface area (TPSA) is 12.0 Å². The molecule has 1 aromatic carbocycles. The van der Waals surface area contributed by atoms with Crippen molar-refractivity contribution < 1.29 is 4.39 Å². The fourth-order valence-electron chi connectivity index (χ4n) is 1.02. The fraction of sp³-hybridized carbons (Fsp3) is 0.273. The standard InChI is InChI=1S/C11H11ClFN/c1-2-3-4-7-14-11-6-5-9(13)8-10(11)12/h5-6,8,14H,4,7H2,1H3. The molecule has 0 aliphatic rings. The van der Waals surface area contributed by atoms with Crippen LogP contribution in [0.15, 0.2) is 18.2 Å². The zero-order valence-corrected chi connectivity index (χ0v) is 8.66. The molecule has 1 aromatic rings. The van der Waals surface area contributed by atoms with Crippen molar-refractivity contribution in [2.75, 3.05) is 11.9 Å². The summed E-state index contributed by atoms with van der Waals surface area (Å²) in [6, 6.07) is 4.28. The summed E-state index contributed by atoms with van der Waals surface area (Å²) in [7, 11) is 0. The smallest absolute Gasteiger partial charge is 0.124 e. The summed E-state index contributed by atoms with van der Waals surface area (Å²) in [5.41, 5.74) is 0.742. The molecule has 0 heterocycles. The van der Waals surface area contributed by atoms with E-state index in [1.807, 2.05) is 0 Å². The van der Waals surface area contributed by atoms with Crippen LogP contribution in [0.25, 0.3) is 0 Å². The second-order valence-corrected chi connectivity index (χ2v) is 3.13. The highest BCUT2D eigenvalue weighted by Crippen LogP contribution is 2.21. The van der Waals surface area contributed by atoms with Crippen molar-refractivity contribution in [3.63, 3.8) is 0 Å². The molecular weight excluding hydrogens is 201 g/mol. The van der Waals surface area contributed by atoms with E-state index in [1.54, 1.807) is 13.0 Å². The first-order chi connectivity index (χ1) is 6.74. The largest absolute Gasteiger partial charge is 0.383 e. The van der Waals surface area contributed by atoms with Crippen LogP contribution >= 0.6 is 11.6 Å². The molecule has 3 heteroatoms. The van der Waals surface area contributed by atoms with Crippen molar-refractivity contribution in [3.05, 3.63) is 29.0 Å². The van der Waals surface area contributed by atoms with Gasteiger partial charge in [-0.1, -0.05) is 11.6 Å². The molecule has 14 heavy (non-hydrogen) atoms. The first kappa shape index (κ1) is 10.9. The number of hydrogen-bond acceptors (Lipinski definition) is 1. The highest BCUT2D eigenvalue weighted by Gasteiger charge is 1.99. The lowest BCUT2D eigenvalue weighted by atomic mass is 10.3. The van der Waals surface area contributed by atoms with Gasteiger partial charge in [0.25, 0.3) is 0 Å². The average Bonchev–Trinajstić information content (AvgIpc) is 2.15. The first-order valence-corrected chi connectivity index (χ1v) is 4.70. The van der Waals surface area contributed by atoms with E-state index < -0.39 is 0 Å². The molecule has 0 amide bonds. The van der Waals surface area contributed by atoms with Crippen molar-refractivity contribution in [2.45, 2.75) is 13.3 Å². The van der Waals surface area contributed by atoms with Gasteiger partial charge in [0.05, 0.1) is 10.7 Å². The Morgan fingerprint density at radius 2 is 2.29 bits per heavy atom. The van der Waals surface area contributed by atoms with E-state index >= 15 is 0 Å². The Kier molecular flexibility index (Phi) is 4.28. The van der Waals surface area contributed by atoms with Crippen molar-refractivity contribution in [1.29, 1.82) is 0 Å². The van der Waals surface area contributed by atoms with Crippen LogP contribution in [0.5, 0.6) is 0 Å². The number of nitrogens with one attached hydrogen (secondary N) is 1. The Bertz CT molecular complexity index is 365. The fourth-order valence-corrected chi connectivity index (χ4v) is 1.25. The summed E-state index contributed by atoms with van der Waals surface area (Å²) >= 11 is 5.80. The van der Waals surface area contributed by atoms with E-state index in [9.17, 15) is 4.39 Å². The minimum atomic E-state index is -0.325. The molecule has 1 N–H and O–H groups in total. The number of rotatable bonds is 3. The molecule has 0 bridgehead atoms. The molecule has 0 aliphatic carbocycles. The summed E-state index contributed by atoms with van der Waals surface area (Å²) in [6.07, 6.45) is 0.754. The lowest BCUT2D eigenvalue weighted by Crippen LogP contribution is -2.00. The SMILES string of the molecule is CC#CCCNc1ccc(F)cc1Cl. The molecule has 0 saturated heterocycles. The minimum Gasteiger partial charge on any atom is -0.383 e. The molecule has 74 valence electrons. The van der Waals surface area contributed by atoms with Gasteiger partial charge in [0.1, 0.15) is 5.82 Å². The molecule has 0 atom stereocenters. The monoisotopic (exact) mass is 211 g/mol. The number of halogens is 2. The molecule has 0 aliphatic heterocycles. The Hall–Kier alpha value is -1.20. The lowest BCUT2D eigenvalue weighted by molar-refractivity contribution is 0.628. The summed E-state index contributed by atoms with van der Waals surface area (Å²) in [4.78, 5) is 0. The maximum atomic E-state index is 12.7. The van der Waals surface area contributed by atoms with Crippen LogP contribution in [0.2, 0.25) is 5.02 Å². The van der Waals surface area contributed by atoms with Crippen molar-refractivity contribution in [1.82, 2.24) is 0 Å². The number of benzene rings is 1. The first-order valence-electron chi connectivity index (χ1n) is 4.32. The minimum absolute atomic E-state index is 0.325. The molecule has 1 rings (SSSR count). The van der Waals surface area contributed by atoms with Crippen LogP contribution in [0.3, 0.4) is 0 Å².